The highest BCUT2D eigenvalue weighted by molar-refractivity contribution is 5.48. The summed E-state index contributed by atoms with van der Waals surface area (Å²) in [7, 11) is 4.58. The van der Waals surface area contributed by atoms with Crippen LogP contribution in [-0.2, 0) is 29.6 Å². The van der Waals surface area contributed by atoms with Gasteiger partial charge in [-0.2, -0.15) is 4.80 Å². The summed E-state index contributed by atoms with van der Waals surface area (Å²) < 4.78 is 17.2. The molecule has 4 rings (SSSR count). The molecule has 0 saturated carbocycles. The van der Waals surface area contributed by atoms with Crippen LogP contribution in [0.15, 0.2) is 48.5 Å². The van der Waals surface area contributed by atoms with Gasteiger partial charge >= 0.3 is 0 Å². The molecule has 3 atom stereocenters. The fourth-order valence-electron chi connectivity index (χ4n) is 4.54. The van der Waals surface area contributed by atoms with E-state index in [9.17, 15) is 15.2 Å². The second-order valence-electron chi connectivity index (χ2n) is 8.54. The van der Waals surface area contributed by atoms with Crippen molar-refractivity contribution in [3.63, 3.8) is 0 Å². The van der Waals surface area contributed by atoms with Gasteiger partial charge in [0.15, 0.2) is 17.7 Å². The summed E-state index contributed by atoms with van der Waals surface area (Å²) in [4.78, 5) is 14.4. The topological polar surface area (TPSA) is 138 Å². The van der Waals surface area contributed by atoms with Gasteiger partial charge in [-0.25, -0.2) is 0 Å². The fourth-order valence-corrected chi connectivity index (χ4v) is 4.54. The zero-order chi connectivity index (χ0) is 25.2. The third-order valence-electron chi connectivity index (χ3n) is 6.15. The maximum Gasteiger partial charge on any atom is 0.270 e. The first-order chi connectivity index (χ1) is 16.8. The number of aryl methyl sites for hydroxylation is 1. The monoisotopic (exact) mass is 484 g/mol. The van der Waals surface area contributed by atoms with Gasteiger partial charge in [0.2, 0.25) is 0 Å². The quantitative estimate of drug-likeness (QED) is 0.273. The van der Waals surface area contributed by atoms with E-state index in [0.717, 1.165) is 5.56 Å². The SMILES string of the molecule is COC(OC)C1(C)Oc2ccc([N+](=O)[O-])cc2C(N(Cc2ccccc2)Cc2nnn(C)n2)C1O. The molecular weight excluding hydrogens is 456 g/mol. The molecular formula is C23H28N6O6. The van der Waals surface area contributed by atoms with Gasteiger partial charge in [0.25, 0.3) is 5.69 Å². The maximum absolute atomic E-state index is 11.8. The number of benzene rings is 2. The number of hydrogen-bond acceptors (Lipinski definition) is 10. The molecule has 0 aliphatic carbocycles. The third kappa shape index (κ3) is 4.86. The predicted molar refractivity (Wildman–Crippen MR) is 123 cm³/mol. The van der Waals surface area contributed by atoms with Crippen LogP contribution in [0.4, 0.5) is 5.69 Å². The normalized spacial score (nSPS) is 21.7. The van der Waals surface area contributed by atoms with Crippen molar-refractivity contribution in [1.82, 2.24) is 25.1 Å². The lowest BCUT2D eigenvalue weighted by atomic mass is 9.83. The summed E-state index contributed by atoms with van der Waals surface area (Å²) in [5.74, 6) is 0.823. The van der Waals surface area contributed by atoms with Crippen molar-refractivity contribution in [3.8, 4) is 5.75 Å². The molecule has 0 saturated heterocycles. The van der Waals surface area contributed by atoms with Crippen LogP contribution in [0.1, 0.15) is 29.9 Å². The van der Waals surface area contributed by atoms with E-state index in [0.29, 0.717) is 23.7 Å². The summed E-state index contributed by atoms with van der Waals surface area (Å²) in [6.45, 7) is 2.30. The van der Waals surface area contributed by atoms with E-state index < -0.39 is 29.0 Å². The lowest BCUT2D eigenvalue weighted by Crippen LogP contribution is -2.62. The molecule has 2 heterocycles. The van der Waals surface area contributed by atoms with Crippen molar-refractivity contribution in [2.75, 3.05) is 14.2 Å². The number of aromatic nitrogens is 4. The largest absolute Gasteiger partial charge is 0.479 e. The van der Waals surface area contributed by atoms with Crippen LogP contribution in [0.5, 0.6) is 5.75 Å². The molecule has 0 bridgehead atoms. The molecule has 0 fully saturated rings. The molecule has 186 valence electrons. The van der Waals surface area contributed by atoms with Crippen LogP contribution in [-0.4, -0.2) is 67.4 Å². The van der Waals surface area contributed by atoms with Crippen molar-refractivity contribution < 1.29 is 24.2 Å². The lowest BCUT2D eigenvalue weighted by Gasteiger charge is -2.49. The Hall–Kier alpha value is -3.45. The van der Waals surface area contributed by atoms with Crippen LogP contribution in [0.2, 0.25) is 0 Å². The number of rotatable bonds is 9. The smallest absolute Gasteiger partial charge is 0.270 e. The number of methoxy groups -OCH3 is 2. The molecule has 1 aromatic heterocycles. The number of tetrazole rings is 1. The van der Waals surface area contributed by atoms with Crippen LogP contribution in [0.25, 0.3) is 0 Å². The third-order valence-corrected chi connectivity index (χ3v) is 6.15. The zero-order valence-electron chi connectivity index (χ0n) is 19.9. The van der Waals surface area contributed by atoms with E-state index in [1.807, 2.05) is 35.2 Å². The van der Waals surface area contributed by atoms with Crippen molar-refractivity contribution in [3.05, 3.63) is 75.6 Å². The Morgan fingerprint density at radius 1 is 1.23 bits per heavy atom. The highest BCUT2D eigenvalue weighted by Gasteiger charge is 2.54. The van der Waals surface area contributed by atoms with Crippen molar-refractivity contribution in [2.45, 2.75) is 44.1 Å². The number of nitrogens with zero attached hydrogens (tertiary/aromatic N) is 6. The van der Waals surface area contributed by atoms with E-state index in [1.165, 1.54) is 37.2 Å². The number of aliphatic hydroxyl groups is 1. The summed E-state index contributed by atoms with van der Waals surface area (Å²) in [5.41, 5.74) is -0.00333. The van der Waals surface area contributed by atoms with Gasteiger partial charge in [0.1, 0.15) is 11.9 Å². The number of ether oxygens (including phenoxy) is 3. The van der Waals surface area contributed by atoms with Crippen molar-refractivity contribution >= 4 is 5.69 Å². The Morgan fingerprint density at radius 3 is 2.54 bits per heavy atom. The highest BCUT2D eigenvalue weighted by Crippen LogP contribution is 2.46. The molecule has 1 N–H and O–H groups in total. The van der Waals surface area contributed by atoms with Gasteiger partial charge < -0.3 is 19.3 Å². The second kappa shape index (κ2) is 10.0. The average molecular weight is 485 g/mol. The fraction of sp³-hybridized carbons (Fsp3) is 0.435. The Balaban J connectivity index is 1.86. The van der Waals surface area contributed by atoms with E-state index in [4.69, 9.17) is 14.2 Å². The number of hydrogen-bond donors (Lipinski definition) is 1. The number of nitro groups is 1. The van der Waals surface area contributed by atoms with Gasteiger partial charge in [0.05, 0.1) is 24.6 Å². The number of fused-ring (bicyclic) bond motifs is 1. The second-order valence-corrected chi connectivity index (χ2v) is 8.54. The molecule has 0 amide bonds. The standard InChI is InChI=1S/C23H28N6O6/c1-23(22(33-3)34-4)21(30)20(17-12-16(29(31)32)10-11-18(17)35-23)28(13-15-8-6-5-7-9-15)14-19-24-26-27(2)25-19/h5-12,20-22,30H,13-14H2,1-4H3. The molecule has 3 unspecified atom stereocenters. The van der Waals surface area contributed by atoms with Crippen molar-refractivity contribution in [1.29, 1.82) is 0 Å². The number of nitro benzene ring substituents is 1. The van der Waals surface area contributed by atoms with E-state index in [1.54, 1.807) is 14.0 Å². The minimum atomic E-state index is -1.33. The van der Waals surface area contributed by atoms with E-state index in [2.05, 4.69) is 15.4 Å². The van der Waals surface area contributed by atoms with Crippen LogP contribution in [0, 0.1) is 10.1 Å². The maximum atomic E-state index is 11.8. The minimum absolute atomic E-state index is 0.111. The molecule has 0 spiro atoms. The van der Waals surface area contributed by atoms with Gasteiger partial charge in [0, 0.05) is 38.5 Å². The molecule has 2 aromatic carbocycles. The number of non-ortho nitro benzene ring substituents is 1. The highest BCUT2D eigenvalue weighted by atomic mass is 16.7. The van der Waals surface area contributed by atoms with E-state index >= 15 is 0 Å². The predicted octanol–water partition coefficient (Wildman–Crippen LogP) is 1.99. The first kappa shape index (κ1) is 24.7. The Bertz CT molecular complexity index is 1170. The zero-order valence-corrected chi connectivity index (χ0v) is 19.9. The molecule has 35 heavy (non-hydrogen) atoms. The summed E-state index contributed by atoms with van der Waals surface area (Å²) in [6.07, 6.45) is -2.13. The molecule has 0 radical (unpaired) electrons. The molecule has 3 aromatic rings. The molecule has 1 aliphatic rings. The van der Waals surface area contributed by atoms with Crippen molar-refractivity contribution in [2.24, 2.45) is 7.05 Å². The van der Waals surface area contributed by atoms with E-state index in [-0.39, 0.29) is 12.2 Å². The molecule has 1 aliphatic heterocycles. The number of aliphatic hydroxyl groups excluding tert-OH is 1. The van der Waals surface area contributed by atoms with Crippen LogP contribution >= 0.6 is 0 Å². The summed E-state index contributed by atoms with van der Waals surface area (Å²) in [6, 6.07) is 13.3. The first-order valence-corrected chi connectivity index (χ1v) is 11.0. The minimum Gasteiger partial charge on any atom is -0.479 e. The van der Waals surface area contributed by atoms with Crippen LogP contribution in [0.3, 0.4) is 0 Å². The average Bonchev–Trinajstić information content (AvgIpc) is 3.25. The molecule has 12 heteroatoms. The van der Waals surface area contributed by atoms with Gasteiger partial charge in [-0.15, -0.1) is 10.2 Å². The lowest BCUT2D eigenvalue weighted by molar-refractivity contribution is -0.385. The van der Waals surface area contributed by atoms with Gasteiger partial charge in [-0.3, -0.25) is 15.0 Å². The summed E-state index contributed by atoms with van der Waals surface area (Å²) in [5, 5.41) is 35.7. The van der Waals surface area contributed by atoms with Gasteiger partial charge in [-0.1, -0.05) is 30.3 Å². The van der Waals surface area contributed by atoms with Gasteiger partial charge in [-0.05, 0) is 23.8 Å². The first-order valence-electron chi connectivity index (χ1n) is 11.0. The Kier molecular flexibility index (Phi) is 7.08. The molecule has 12 nitrogen and oxygen atoms in total. The van der Waals surface area contributed by atoms with Crippen LogP contribution < -0.4 is 4.74 Å². The Labute approximate surface area is 202 Å². The Morgan fingerprint density at radius 2 is 1.94 bits per heavy atom. The summed E-state index contributed by atoms with van der Waals surface area (Å²) >= 11 is 0.